The first-order chi connectivity index (χ1) is 13.5. The highest BCUT2D eigenvalue weighted by Crippen LogP contribution is 2.18. The van der Waals surface area contributed by atoms with Crippen LogP contribution >= 0.6 is 11.8 Å². The van der Waals surface area contributed by atoms with Crippen molar-refractivity contribution >= 4 is 23.4 Å². The quantitative estimate of drug-likeness (QED) is 0.614. The van der Waals surface area contributed by atoms with Crippen molar-refractivity contribution in [2.75, 3.05) is 18.2 Å². The van der Waals surface area contributed by atoms with E-state index in [2.05, 4.69) is 20.5 Å². The van der Waals surface area contributed by atoms with Crippen molar-refractivity contribution in [3.63, 3.8) is 0 Å². The van der Waals surface area contributed by atoms with Gasteiger partial charge in [-0.1, -0.05) is 11.8 Å². The third kappa shape index (κ3) is 4.71. The van der Waals surface area contributed by atoms with Gasteiger partial charge in [-0.15, -0.1) is 10.2 Å². The molecule has 0 radical (unpaired) electrons. The number of aromatic nitrogens is 3. The summed E-state index contributed by atoms with van der Waals surface area (Å²) in [4.78, 5) is 26.6. The highest BCUT2D eigenvalue weighted by molar-refractivity contribution is 7.99. The lowest BCUT2D eigenvalue weighted by atomic mass is 10.1. The Hall–Kier alpha value is -3.27. The third-order valence-corrected chi connectivity index (χ3v) is 4.45. The molecular weight excluding hydrogens is 390 g/mol. The Labute approximate surface area is 162 Å². The first-order valence-corrected chi connectivity index (χ1v) is 8.94. The summed E-state index contributed by atoms with van der Waals surface area (Å²) in [7, 11) is 1.55. The number of hydrogen-bond donors (Lipinski definition) is 2. The van der Waals surface area contributed by atoms with E-state index in [1.807, 2.05) is 0 Å². The third-order valence-electron chi connectivity index (χ3n) is 3.58. The van der Waals surface area contributed by atoms with E-state index in [-0.39, 0.29) is 28.1 Å². The summed E-state index contributed by atoms with van der Waals surface area (Å²) < 4.78 is 31.4. The zero-order valence-electron chi connectivity index (χ0n) is 14.5. The normalized spacial score (nSPS) is 10.5. The molecule has 0 aliphatic carbocycles. The maximum atomic E-state index is 13.3. The molecule has 0 unspecified atom stereocenters. The molecule has 0 saturated heterocycles. The van der Waals surface area contributed by atoms with Gasteiger partial charge in [0.25, 0.3) is 5.56 Å². The number of nitrogens with zero attached hydrogens (tertiary/aromatic N) is 2. The van der Waals surface area contributed by atoms with Crippen molar-refractivity contribution in [3.8, 4) is 17.0 Å². The monoisotopic (exact) mass is 404 g/mol. The summed E-state index contributed by atoms with van der Waals surface area (Å²) in [5.41, 5.74) is -0.0777. The minimum atomic E-state index is -1.09. The second kappa shape index (κ2) is 8.61. The maximum absolute atomic E-state index is 13.3. The van der Waals surface area contributed by atoms with Gasteiger partial charge in [-0.25, -0.2) is 8.78 Å². The summed E-state index contributed by atoms with van der Waals surface area (Å²) >= 11 is 0.979. The minimum Gasteiger partial charge on any atom is -0.497 e. The number of nitrogens with one attached hydrogen (secondary N) is 2. The van der Waals surface area contributed by atoms with Crippen molar-refractivity contribution in [1.82, 2.24) is 15.2 Å². The smallest absolute Gasteiger partial charge is 0.278 e. The highest BCUT2D eigenvalue weighted by atomic mass is 32.2. The second-order valence-electron chi connectivity index (χ2n) is 5.50. The first-order valence-electron chi connectivity index (χ1n) is 7.95. The summed E-state index contributed by atoms with van der Waals surface area (Å²) in [6.07, 6.45) is 0. The van der Waals surface area contributed by atoms with Gasteiger partial charge in [0.1, 0.15) is 5.75 Å². The molecule has 0 saturated carbocycles. The fourth-order valence-corrected chi connectivity index (χ4v) is 2.83. The zero-order valence-corrected chi connectivity index (χ0v) is 15.3. The average Bonchev–Trinajstić information content (AvgIpc) is 2.69. The number of methoxy groups -OCH3 is 1. The zero-order chi connectivity index (χ0) is 20.1. The van der Waals surface area contributed by atoms with Crippen molar-refractivity contribution in [3.05, 3.63) is 64.5 Å². The lowest BCUT2D eigenvalue weighted by Gasteiger charge is -2.06. The number of hydrogen-bond acceptors (Lipinski definition) is 6. The van der Waals surface area contributed by atoms with Crippen LogP contribution in [0.4, 0.5) is 14.5 Å². The Bertz CT molecular complexity index is 1060. The van der Waals surface area contributed by atoms with Crippen LogP contribution in [-0.2, 0) is 4.79 Å². The number of benzene rings is 2. The number of ether oxygens (including phenoxy) is 1. The van der Waals surface area contributed by atoms with Gasteiger partial charge < -0.3 is 10.1 Å². The van der Waals surface area contributed by atoms with Crippen LogP contribution in [0.5, 0.6) is 5.75 Å². The number of carbonyl (C=O) groups is 1. The minimum absolute atomic E-state index is 0.0127. The molecule has 7 nitrogen and oxygen atoms in total. The molecule has 0 aliphatic rings. The van der Waals surface area contributed by atoms with E-state index in [1.165, 1.54) is 6.07 Å². The van der Waals surface area contributed by atoms with Crippen LogP contribution in [0.1, 0.15) is 0 Å². The SMILES string of the molecule is COc1ccc(NC(=O)CSc2nnc(-c3ccc(F)c(F)c3)c(=O)[nH]2)cc1. The molecule has 0 bridgehead atoms. The molecule has 0 atom stereocenters. The molecular formula is C18H14F2N4O3S. The summed E-state index contributed by atoms with van der Waals surface area (Å²) in [6, 6.07) is 9.80. The molecule has 2 N–H and O–H groups in total. The number of rotatable bonds is 6. The van der Waals surface area contributed by atoms with Crippen molar-refractivity contribution in [1.29, 1.82) is 0 Å². The Morgan fingerprint density at radius 2 is 1.89 bits per heavy atom. The van der Waals surface area contributed by atoms with Gasteiger partial charge in [-0.05, 0) is 42.5 Å². The van der Waals surface area contributed by atoms with Crippen molar-refractivity contribution in [2.45, 2.75) is 5.16 Å². The number of aromatic amines is 1. The topological polar surface area (TPSA) is 97.0 Å². The van der Waals surface area contributed by atoms with Crippen LogP contribution in [0.15, 0.2) is 52.4 Å². The van der Waals surface area contributed by atoms with E-state index in [0.29, 0.717) is 11.4 Å². The molecule has 1 aromatic heterocycles. The van der Waals surface area contributed by atoms with Crippen LogP contribution in [0.3, 0.4) is 0 Å². The molecule has 144 valence electrons. The molecule has 1 heterocycles. The number of anilines is 1. The van der Waals surface area contributed by atoms with Gasteiger partial charge in [-0.2, -0.15) is 0 Å². The standard InChI is InChI=1S/C18H14F2N4O3S/c1-27-12-5-3-11(4-6-12)21-15(25)9-28-18-22-17(26)16(23-24-18)10-2-7-13(19)14(20)8-10/h2-8H,9H2,1H3,(H,21,25)(H,22,24,26). The van der Waals surface area contributed by atoms with Crippen molar-refractivity contribution < 1.29 is 18.3 Å². The molecule has 0 spiro atoms. The molecule has 10 heteroatoms. The van der Waals surface area contributed by atoms with Crippen LogP contribution in [-0.4, -0.2) is 34.0 Å². The number of H-pyrrole nitrogens is 1. The van der Waals surface area contributed by atoms with Gasteiger partial charge in [0.15, 0.2) is 22.5 Å². The Morgan fingerprint density at radius 1 is 1.14 bits per heavy atom. The average molecular weight is 404 g/mol. The van der Waals surface area contributed by atoms with Gasteiger partial charge >= 0.3 is 0 Å². The number of halogens is 2. The Balaban J connectivity index is 1.63. The lowest BCUT2D eigenvalue weighted by molar-refractivity contribution is -0.113. The van der Waals surface area contributed by atoms with E-state index in [0.717, 1.165) is 23.9 Å². The van der Waals surface area contributed by atoms with E-state index in [1.54, 1.807) is 31.4 Å². The molecule has 0 aliphatic heterocycles. The van der Waals surface area contributed by atoms with Crippen LogP contribution in [0.25, 0.3) is 11.3 Å². The van der Waals surface area contributed by atoms with Gasteiger partial charge in [-0.3, -0.25) is 14.6 Å². The van der Waals surface area contributed by atoms with Crippen LogP contribution in [0.2, 0.25) is 0 Å². The van der Waals surface area contributed by atoms with Gasteiger partial charge in [0, 0.05) is 11.3 Å². The molecule has 0 fully saturated rings. The van der Waals surface area contributed by atoms with Crippen LogP contribution in [0, 0.1) is 11.6 Å². The molecule has 1 amide bonds. The van der Waals surface area contributed by atoms with E-state index >= 15 is 0 Å². The van der Waals surface area contributed by atoms with Crippen molar-refractivity contribution in [2.24, 2.45) is 0 Å². The van der Waals surface area contributed by atoms with Gasteiger partial charge in [0.2, 0.25) is 5.91 Å². The Morgan fingerprint density at radius 3 is 2.54 bits per heavy atom. The summed E-state index contributed by atoms with van der Waals surface area (Å²) in [5, 5.41) is 10.4. The van der Waals surface area contributed by atoms with Crippen LogP contribution < -0.4 is 15.6 Å². The number of carbonyl (C=O) groups excluding carboxylic acids is 1. The molecule has 2 aromatic carbocycles. The second-order valence-corrected chi connectivity index (χ2v) is 6.47. The fourth-order valence-electron chi connectivity index (χ4n) is 2.22. The maximum Gasteiger partial charge on any atom is 0.278 e. The summed E-state index contributed by atoms with van der Waals surface area (Å²) in [6.45, 7) is 0. The van der Waals surface area contributed by atoms with E-state index < -0.39 is 17.2 Å². The van der Waals surface area contributed by atoms with Gasteiger partial charge in [0.05, 0.1) is 12.9 Å². The first kappa shape index (κ1) is 19.5. The molecule has 3 aromatic rings. The predicted molar refractivity (Wildman–Crippen MR) is 100 cm³/mol. The highest BCUT2D eigenvalue weighted by Gasteiger charge is 2.12. The Kier molecular flexibility index (Phi) is 5.99. The molecule has 28 heavy (non-hydrogen) atoms. The largest absolute Gasteiger partial charge is 0.497 e. The molecule has 3 rings (SSSR count). The van der Waals surface area contributed by atoms with E-state index in [4.69, 9.17) is 4.74 Å². The number of amides is 1. The fraction of sp³-hybridized carbons (Fsp3) is 0.111. The van der Waals surface area contributed by atoms with E-state index in [9.17, 15) is 18.4 Å². The summed E-state index contributed by atoms with van der Waals surface area (Å²) in [5.74, 6) is -1.76. The lowest BCUT2D eigenvalue weighted by Crippen LogP contribution is -2.17. The number of thioether (sulfide) groups is 1. The predicted octanol–water partition coefficient (Wildman–Crippen LogP) is 2.85.